The summed E-state index contributed by atoms with van der Waals surface area (Å²) in [5.41, 5.74) is 1.27. The molecule has 5 nitrogen and oxygen atoms in total. The number of carbonyl (C=O) groups excluding carboxylic acids is 1. The molecule has 2 aliphatic rings. The van der Waals surface area contributed by atoms with Crippen LogP contribution in [0.4, 0.5) is 0 Å². The SMILES string of the molecule is O=C(c1ccco1)N1CC[C@H]2[C@H](CCCN2Cc2cccnc2)C1. The van der Waals surface area contributed by atoms with Crippen molar-refractivity contribution in [3.05, 3.63) is 54.2 Å². The van der Waals surface area contributed by atoms with Crippen molar-refractivity contribution in [2.45, 2.75) is 31.8 Å². The number of hydrogen-bond donors (Lipinski definition) is 0. The number of fused-ring (bicyclic) bond motifs is 1. The molecule has 0 aliphatic carbocycles. The molecule has 2 saturated heterocycles. The third-order valence-electron chi connectivity index (χ3n) is 5.31. The molecule has 0 aromatic carbocycles. The van der Waals surface area contributed by atoms with E-state index in [-0.39, 0.29) is 5.91 Å². The van der Waals surface area contributed by atoms with Gasteiger partial charge in [0.15, 0.2) is 5.76 Å². The minimum atomic E-state index is 0.0304. The number of hydrogen-bond acceptors (Lipinski definition) is 4. The summed E-state index contributed by atoms with van der Waals surface area (Å²) < 4.78 is 5.28. The van der Waals surface area contributed by atoms with Crippen LogP contribution in [-0.2, 0) is 6.54 Å². The third kappa shape index (κ3) is 3.08. The zero-order valence-electron chi connectivity index (χ0n) is 13.8. The molecule has 5 heteroatoms. The van der Waals surface area contributed by atoms with Gasteiger partial charge in [0, 0.05) is 38.1 Å². The molecular weight excluding hydrogens is 302 g/mol. The van der Waals surface area contributed by atoms with Gasteiger partial charge in [0.05, 0.1) is 6.26 Å². The predicted octanol–water partition coefficient (Wildman–Crippen LogP) is 2.80. The Hall–Kier alpha value is -2.14. The van der Waals surface area contributed by atoms with Crippen molar-refractivity contribution in [1.82, 2.24) is 14.8 Å². The van der Waals surface area contributed by atoms with E-state index < -0.39 is 0 Å². The standard InChI is InChI=1S/C19H23N3O2/c23-19(18-6-3-11-24-18)22-10-7-17-16(14-22)5-2-9-21(17)13-15-4-1-8-20-12-15/h1,3-4,6,8,11-12,16-17H,2,5,7,9-10,13-14H2/t16-,17+/m1/s1. The smallest absolute Gasteiger partial charge is 0.289 e. The van der Waals surface area contributed by atoms with E-state index in [0.717, 1.165) is 32.6 Å². The molecule has 0 saturated carbocycles. The van der Waals surface area contributed by atoms with Crippen LogP contribution >= 0.6 is 0 Å². The van der Waals surface area contributed by atoms with Crippen molar-refractivity contribution in [3.8, 4) is 0 Å². The quantitative estimate of drug-likeness (QED) is 0.871. The molecule has 0 spiro atoms. The van der Waals surface area contributed by atoms with E-state index in [4.69, 9.17) is 4.42 Å². The summed E-state index contributed by atoms with van der Waals surface area (Å²) in [5.74, 6) is 1.04. The average molecular weight is 325 g/mol. The second-order valence-electron chi connectivity index (χ2n) is 6.82. The monoisotopic (exact) mass is 325 g/mol. The summed E-state index contributed by atoms with van der Waals surface area (Å²) in [6, 6.07) is 8.24. The van der Waals surface area contributed by atoms with Crippen LogP contribution in [0.1, 0.15) is 35.4 Å². The number of rotatable bonds is 3. The largest absolute Gasteiger partial charge is 0.459 e. The first-order valence-corrected chi connectivity index (χ1v) is 8.77. The molecule has 0 bridgehead atoms. The van der Waals surface area contributed by atoms with Gasteiger partial charge in [0.2, 0.25) is 0 Å². The summed E-state index contributed by atoms with van der Waals surface area (Å²) in [7, 11) is 0. The van der Waals surface area contributed by atoms with Gasteiger partial charge in [-0.25, -0.2) is 0 Å². The maximum absolute atomic E-state index is 12.5. The molecule has 4 heterocycles. The molecule has 2 aromatic heterocycles. The first-order chi connectivity index (χ1) is 11.8. The Morgan fingerprint density at radius 3 is 3.00 bits per heavy atom. The van der Waals surface area contributed by atoms with Crippen molar-refractivity contribution in [2.75, 3.05) is 19.6 Å². The number of amides is 1. The summed E-state index contributed by atoms with van der Waals surface area (Å²) in [4.78, 5) is 21.3. The number of piperidine rings is 2. The minimum Gasteiger partial charge on any atom is -0.459 e. The van der Waals surface area contributed by atoms with E-state index in [0.29, 0.717) is 17.7 Å². The van der Waals surface area contributed by atoms with Gasteiger partial charge >= 0.3 is 0 Å². The number of aromatic nitrogens is 1. The van der Waals surface area contributed by atoms with E-state index in [1.807, 2.05) is 23.4 Å². The van der Waals surface area contributed by atoms with Gasteiger partial charge in [-0.1, -0.05) is 6.07 Å². The maximum Gasteiger partial charge on any atom is 0.289 e. The third-order valence-corrected chi connectivity index (χ3v) is 5.31. The highest BCUT2D eigenvalue weighted by atomic mass is 16.3. The van der Waals surface area contributed by atoms with Crippen LogP contribution in [0.25, 0.3) is 0 Å². The molecule has 4 rings (SSSR count). The van der Waals surface area contributed by atoms with Crippen molar-refractivity contribution < 1.29 is 9.21 Å². The fourth-order valence-corrected chi connectivity index (χ4v) is 4.17. The highest BCUT2D eigenvalue weighted by Gasteiger charge is 2.37. The molecule has 0 unspecified atom stereocenters. The zero-order valence-corrected chi connectivity index (χ0v) is 13.8. The Morgan fingerprint density at radius 1 is 1.25 bits per heavy atom. The fourth-order valence-electron chi connectivity index (χ4n) is 4.17. The Bertz CT molecular complexity index is 671. The molecule has 126 valence electrons. The van der Waals surface area contributed by atoms with Gasteiger partial charge in [0.1, 0.15) is 0 Å². The lowest BCUT2D eigenvalue weighted by Gasteiger charge is -2.47. The van der Waals surface area contributed by atoms with Crippen LogP contribution in [0.5, 0.6) is 0 Å². The summed E-state index contributed by atoms with van der Waals surface area (Å²) in [6.45, 7) is 3.75. The Kier molecular flexibility index (Phi) is 4.34. The molecule has 24 heavy (non-hydrogen) atoms. The van der Waals surface area contributed by atoms with Crippen LogP contribution in [0.2, 0.25) is 0 Å². The van der Waals surface area contributed by atoms with Crippen molar-refractivity contribution in [2.24, 2.45) is 5.92 Å². The molecule has 2 atom stereocenters. The minimum absolute atomic E-state index is 0.0304. The van der Waals surface area contributed by atoms with Gasteiger partial charge in [0.25, 0.3) is 5.91 Å². The normalized spacial score (nSPS) is 24.6. The molecule has 2 aromatic rings. The lowest BCUT2D eigenvalue weighted by Crippen LogP contribution is -2.54. The van der Waals surface area contributed by atoms with Crippen LogP contribution < -0.4 is 0 Å². The first-order valence-electron chi connectivity index (χ1n) is 8.77. The van der Waals surface area contributed by atoms with Gasteiger partial charge in [-0.2, -0.15) is 0 Å². The number of likely N-dealkylation sites (tertiary alicyclic amines) is 2. The van der Waals surface area contributed by atoms with Crippen molar-refractivity contribution in [1.29, 1.82) is 0 Å². The average Bonchev–Trinajstić information content (AvgIpc) is 3.16. The molecule has 0 N–H and O–H groups in total. The van der Waals surface area contributed by atoms with Gasteiger partial charge in [-0.3, -0.25) is 14.7 Å². The van der Waals surface area contributed by atoms with E-state index in [1.54, 1.807) is 18.4 Å². The van der Waals surface area contributed by atoms with E-state index in [9.17, 15) is 4.79 Å². The number of furan rings is 1. The molecule has 2 fully saturated rings. The van der Waals surface area contributed by atoms with Gasteiger partial charge < -0.3 is 9.32 Å². The van der Waals surface area contributed by atoms with Crippen LogP contribution in [-0.4, -0.2) is 46.4 Å². The van der Waals surface area contributed by atoms with E-state index in [2.05, 4.69) is 16.0 Å². The molecular formula is C19H23N3O2. The highest BCUT2D eigenvalue weighted by Crippen LogP contribution is 2.32. The van der Waals surface area contributed by atoms with E-state index in [1.165, 1.54) is 18.4 Å². The first kappa shape index (κ1) is 15.4. The number of carbonyl (C=O) groups is 1. The summed E-state index contributed by atoms with van der Waals surface area (Å²) in [5, 5.41) is 0. The molecule has 1 amide bonds. The maximum atomic E-state index is 12.5. The van der Waals surface area contributed by atoms with E-state index >= 15 is 0 Å². The number of nitrogens with zero attached hydrogens (tertiary/aromatic N) is 3. The highest BCUT2D eigenvalue weighted by molar-refractivity contribution is 5.91. The summed E-state index contributed by atoms with van der Waals surface area (Å²) in [6.07, 6.45) is 8.79. The fraction of sp³-hybridized carbons (Fsp3) is 0.474. The van der Waals surface area contributed by atoms with Gasteiger partial charge in [-0.15, -0.1) is 0 Å². The van der Waals surface area contributed by atoms with Crippen molar-refractivity contribution >= 4 is 5.91 Å². The van der Waals surface area contributed by atoms with Crippen LogP contribution in [0, 0.1) is 5.92 Å². The second-order valence-corrected chi connectivity index (χ2v) is 6.82. The molecule has 0 radical (unpaired) electrons. The zero-order chi connectivity index (χ0) is 16.4. The summed E-state index contributed by atoms with van der Waals surface area (Å²) >= 11 is 0. The Morgan fingerprint density at radius 2 is 2.21 bits per heavy atom. The lowest BCUT2D eigenvalue weighted by atomic mass is 9.83. The van der Waals surface area contributed by atoms with Crippen LogP contribution in [0.15, 0.2) is 47.3 Å². The predicted molar refractivity (Wildman–Crippen MR) is 90.4 cm³/mol. The second kappa shape index (κ2) is 6.77. The van der Waals surface area contributed by atoms with Gasteiger partial charge in [-0.05, 0) is 55.5 Å². The topological polar surface area (TPSA) is 49.6 Å². The van der Waals surface area contributed by atoms with Crippen molar-refractivity contribution in [3.63, 3.8) is 0 Å². The van der Waals surface area contributed by atoms with Crippen LogP contribution in [0.3, 0.4) is 0 Å². The number of pyridine rings is 1. The Labute approximate surface area is 142 Å². The molecule has 2 aliphatic heterocycles. The Balaban J connectivity index is 1.42. The lowest BCUT2D eigenvalue weighted by molar-refractivity contribution is 0.0161.